The Balaban J connectivity index is 2.58. The average molecular weight is 359 g/mol. The Morgan fingerprint density at radius 1 is 1.23 bits per heavy atom. The molecule has 0 heterocycles. The van der Waals surface area contributed by atoms with Crippen LogP contribution < -0.4 is 5.11 Å². The monoisotopic (exact) mass is 358 g/mol. The van der Waals surface area contributed by atoms with Crippen molar-refractivity contribution in [2.45, 2.75) is 4.90 Å². The lowest BCUT2D eigenvalue weighted by Gasteiger charge is -2.16. The first-order valence-electron chi connectivity index (χ1n) is 5.96. The minimum absolute atomic E-state index is 0.0340. The van der Waals surface area contributed by atoms with Crippen LogP contribution in [0.1, 0.15) is 0 Å². The van der Waals surface area contributed by atoms with Crippen molar-refractivity contribution in [3.8, 4) is 0 Å². The van der Waals surface area contributed by atoms with Crippen molar-refractivity contribution in [2.24, 2.45) is 4.40 Å². The number of methoxy groups -OCH3 is 1. The fourth-order valence-electron chi connectivity index (χ4n) is 1.70. The molecule has 2 rings (SSSR count). The standard InChI is InChI=1S/C14H11Cl2NO4S/c1-21-14(18)9-5-2-3-7-11(9)17-22(19,20)12-8-4-6-10(15)13(12)16/h2-8,18H,1H3/p-1. The van der Waals surface area contributed by atoms with Crippen LogP contribution in [0.25, 0.3) is 0 Å². The number of allylic oxidation sites excluding steroid dienone is 5. The summed E-state index contributed by atoms with van der Waals surface area (Å²) in [6.45, 7) is 0. The normalized spacial score (nSPS) is 18.6. The maximum Gasteiger partial charge on any atom is 0.284 e. The molecule has 0 atom stereocenters. The number of hydrogen-bond donors (Lipinski definition) is 0. The van der Waals surface area contributed by atoms with Crippen LogP contribution in [-0.4, -0.2) is 21.2 Å². The minimum Gasteiger partial charge on any atom is -0.616 e. The quantitative estimate of drug-likeness (QED) is 0.777. The largest absolute Gasteiger partial charge is 0.616 e. The van der Waals surface area contributed by atoms with Gasteiger partial charge in [0.1, 0.15) is 4.90 Å². The fourth-order valence-corrected chi connectivity index (χ4v) is 3.45. The molecule has 8 heteroatoms. The van der Waals surface area contributed by atoms with Gasteiger partial charge in [-0.1, -0.05) is 47.5 Å². The van der Waals surface area contributed by atoms with Crippen molar-refractivity contribution < 1.29 is 18.3 Å². The van der Waals surface area contributed by atoms with Gasteiger partial charge in [0.25, 0.3) is 10.0 Å². The molecule has 0 radical (unpaired) electrons. The van der Waals surface area contributed by atoms with E-state index in [1.165, 1.54) is 37.5 Å². The van der Waals surface area contributed by atoms with Crippen LogP contribution in [0.3, 0.4) is 0 Å². The van der Waals surface area contributed by atoms with Crippen LogP contribution in [0.5, 0.6) is 0 Å². The zero-order valence-corrected chi connectivity index (χ0v) is 13.6. The maximum absolute atomic E-state index is 12.4. The molecule has 0 saturated heterocycles. The van der Waals surface area contributed by atoms with Crippen LogP contribution >= 0.6 is 23.2 Å². The molecular formula is C14H10Cl2NO4S-. The average Bonchev–Trinajstić information content (AvgIpc) is 2.49. The van der Waals surface area contributed by atoms with Crippen molar-refractivity contribution in [3.63, 3.8) is 0 Å². The van der Waals surface area contributed by atoms with Crippen molar-refractivity contribution in [1.29, 1.82) is 0 Å². The molecule has 22 heavy (non-hydrogen) atoms. The summed E-state index contributed by atoms with van der Waals surface area (Å²) in [6, 6.07) is 4.20. The Kier molecular flexibility index (Phi) is 4.95. The minimum atomic E-state index is -4.13. The van der Waals surface area contributed by atoms with Gasteiger partial charge in [0.15, 0.2) is 0 Å². The van der Waals surface area contributed by atoms with Gasteiger partial charge in [-0.2, -0.15) is 12.8 Å². The summed E-state index contributed by atoms with van der Waals surface area (Å²) in [6.07, 6.45) is 5.94. The molecule has 1 aliphatic rings. The van der Waals surface area contributed by atoms with Crippen molar-refractivity contribution in [2.75, 3.05) is 7.11 Å². The zero-order chi connectivity index (χ0) is 16.3. The SMILES string of the molecule is COC([O-])=C1C=CC=CC1=NS(=O)(=O)c1cccc(Cl)c1Cl. The van der Waals surface area contributed by atoms with Gasteiger partial charge < -0.3 is 9.84 Å². The maximum atomic E-state index is 12.4. The molecule has 0 bridgehead atoms. The van der Waals surface area contributed by atoms with E-state index in [1.54, 1.807) is 12.2 Å². The third-order valence-electron chi connectivity index (χ3n) is 2.72. The summed E-state index contributed by atoms with van der Waals surface area (Å²) >= 11 is 11.7. The van der Waals surface area contributed by atoms with Gasteiger partial charge in [-0.25, -0.2) is 0 Å². The second-order valence-corrected chi connectivity index (χ2v) is 6.48. The second-order valence-electron chi connectivity index (χ2n) is 4.13. The van der Waals surface area contributed by atoms with Crippen LogP contribution in [0, 0.1) is 0 Å². The summed E-state index contributed by atoms with van der Waals surface area (Å²) in [7, 11) is -2.93. The first-order chi connectivity index (χ1) is 10.4. The second kappa shape index (κ2) is 6.56. The summed E-state index contributed by atoms with van der Waals surface area (Å²) < 4.78 is 33.0. The highest BCUT2D eigenvalue weighted by molar-refractivity contribution is 7.90. The molecule has 0 spiro atoms. The van der Waals surface area contributed by atoms with Gasteiger partial charge in [-0.05, 0) is 25.3 Å². The molecular weight excluding hydrogens is 349 g/mol. The molecule has 116 valence electrons. The predicted molar refractivity (Wildman–Crippen MR) is 83.4 cm³/mol. The van der Waals surface area contributed by atoms with Gasteiger partial charge in [0, 0.05) is 5.57 Å². The highest BCUT2D eigenvalue weighted by atomic mass is 35.5. The molecule has 1 aromatic carbocycles. The number of sulfonamides is 1. The van der Waals surface area contributed by atoms with Gasteiger partial charge >= 0.3 is 0 Å². The highest BCUT2D eigenvalue weighted by Gasteiger charge is 2.20. The van der Waals surface area contributed by atoms with Crippen molar-refractivity contribution in [1.82, 2.24) is 0 Å². The molecule has 1 aromatic rings. The van der Waals surface area contributed by atoms with Crippen LogP contribution in [-0.2, 0) is 14.8 Å². The molecule has 1 aliphatic carbocycles. The fraction of sp³-hybridized carbons (Fsp3) is 0.0714. The van der Waals surface area contributed by atoms with Gasteiger partial charge in [0.05, 0.1) is 21.7 Å². The number of rotatable bonds is 3. The van der Waals surface area contributed by atoms with Crippen molar-refractivity contribution >= 4 is 38.9 Å². The van der Waals surface area contributed by atoms with E-state index in [-0.39, 0.29) is 26.2 Å². The Morgan fingerprint density at radius 2 is 1.91 bits per heavy atom. The summed E-state index contributed by atoms with van der Waals surface area (Å²) in [5.41, 5.74) is -0.00267. The van der Waals surface area contributed by atoms with Crippen LogP contribution in [0.4, 0.5) is 0 Å². The summed E-state index contributed by atoms with van der Waals surface area (Å²) in [5.74, 6) is -0.688. The Morgan fingerprint density at radius 3 is 2.59 bits per heavy atom. The third kappa shape index (κ3) is 3.35. The molecule has 0 aromatic heterocycles. The van der Waals surface area contributed by atoms with E-state index in [2.05, 4.69) is 9.13 Å². The van der Waals surface area contributed by atoms with Crippen LogP contribution in [0.15, 0.2) is 63.3 Å². The lowest BCUT2D eigenvalue weighted by molar-refractivity contribution is -0.354. The number of nitrogens with zero attached hydrogens (tertiary/aromatic N) is 1. The predicted octanol–water partition coefficient (Wildman–Crippen LogP) is 2.47. The Labute approximate surface area is 137 Å². The number of benzene rings is 1. The first kappa shape index (κ1) is 16.6. The van der Waals surface area contributed by atoms with E-state index in [0.717, 1.165) is 0 Å². The van der Waals surface area contributed by atoms with Gasteiger partial charge in [0.2, 0.25) is 0 Å². The summed E-state index contributed by atoms with van der Waals surface area (Å²) in [4.78, 5) is -0.235. The lowest BCUT2D eigenvalue weighted by Crippen LogP contribution is -2.16. The van der Waals surface area contributed by atoms with E-state index in [1.807, 2.05) is 0 Å². The molecule has 5 nitrogen and oxygen atoms in total. The summed E-state index contributed by atoms with van der Waals surface area (Å²) in [5, 5.41) is 11.6. The molecule has 0 unspecified atom stereocenters. The molecule has 0 fully saturated rings. The molecule has 0 amide bonds. The van der Waals surface area contributed by atoms with E-state index in [4.69, 9.17) is 23.2 Å². The number of ether oxygens (including phenoxy) is 1. The Bertz CT molecular complexity index is 823. The van der Waals surface area contributed by atoms with Crippen molar-refractivity contribution in [3.05, 3.63) is 64.1 Å². The van der Waals surface area contributed by atoms with E-state index >= 15 is 0 Å². The van der Waals surface area contributed by atoms with Gasteiger partial charge in [-0.3, -0.25) is 0 Å². The first-order valence-corrected chi connectivity index (χ1v) is 8.16. The lowest BCUT2D eigenvalue weighted by atomic mass is 10.1. The van der Waals surface area contributed by atoms with Gasteiger partial charge in [-0.15, -0.1) is 0 Å². The number of halogens is 2. The number of hydrogen-bond acceptors (Lipinski definition) is 4. The zero-order valence-electron chi connectivity index (χ0n) is 11.3. The molecule has 0 aliphatic heterocycles. The van der Waals surface area contributed by atoms with E-state index in [0.29, 0.717) is 0 Å². The third-order valence-corrected chi connectivity index (χ3v) is 4.99. The topological polar surface area (TPSA) is 78.8 Å². The van der Waals surface area contributed by atoms with E-state index < -0.39 is 16.0 Å². The van der Waals surface area contributed by atoms with Crippen LogP contribution in [0.2, 0.25) is 10.0 Å². The molecule has 0 N–H and O–H groups in total. The molecule has 0 saturated carbocycles. The smallest absolute Gasteiger partial charge is 0.284 e. The van der Waals surface area contributed by atoms with E-state index in [9.17, 15) is 13.5 Å². The highest BCUT2D eigenvalue weighted by Crippen LogP contribution is 2.30. The Hall–Kier alpha value is -1.76.